The van der Waals surface area contributed by atoms with Gasteiger partial charge in [-0.3, -0.25) is 4.79 Å². The third-order valence-electron chi connectivity index (χ3n) is 3.12. The van der Waals surface area contributed by atoms with Crippen LogP contribution < -0.4 is 5.32 Å². The Morgan fingerprint density at radius 1 is 1.38 bits per heavy atom. The molecule has 1 aliphatic carbocycles. The van der Waals surface area contributed by atoms with Crippen molar-refractivity contribution >= 4 is 5.91 Å². The van der Waals surface area contributed by atoms with Gasteiger partial charge in [0.05, 0.1) is 0 Å². The average Bonchev–Trinajstić information content (AvgIpc) is 2.70. The molecule has 16 heavy (non-hydrogen) atoms. The highest BCUT2D eigenvalue weighted by molar-refractivity contribution is 5.95. The number of amides is 1. The van der Waals surface area contributed by atoms with Crippen LogP contribution in [0.3, 0.4) is 0 Å². The number of halogens is 1. The van der Waals surface area contributed by atoms with E-state index < -0.39 is 0 Å². The van der Waals surface area contributed by atoms with Crippen molar-refractivity contribution in [1.82, 2.24) is 5.32 Å². The SMILES string of the molecule is Cc1cc(F)ccc1C(=O)NC1CCCC1. The monoisotopic (exact) mass is 221 g/mol. The lowest BCUT2D eigenvalue weighted by Gasteiger charge is -2.13. The van der Waals surface area contributed by atoms with Gasteiger partial charge in [0.2, 0.25) is 0 Å². The van der Waals surface area contributed by atoms with Gasteiger partial charge in [-0.2, -0.15) is 0 Å². The molecule has 86 valence electrons. The van der Waals surface area contributed by atoms with E-state index in [9.17, 15) is 9.18 Å². The van der Waals surface area contributed by atoms with E-state index in [1.165, 1.54) is 25.0 Å². The highest BCUT2D eigenvalue weighted by Gasteiger charge is 2.18. The van der Waals surface area contributed by atoms with E-state index in [0.717, 1.165) is 12.8 Å². The molecule has 1 fully saturated rings. The highest BCUT2D eigenvalue weighted by atomic mass is 19.1. The predicted molar refractivity (Wildman–Crippen MR) is 60.9 cm³/mol. The lowest BCUT2D eigenvalue weighted by atomic mass is 10.1. The maximum atomic E-state index is 12.9. The third-order valence-corrected chi connectivity index (χ3v) is 3.12. The number of rotatable bonds is 2. The lowest BCUT2D eigenvalue weighted by molar-refractivity contribution is 0.0937. The molecule has 1 amide bonds. The van der Waals surface area contributed by atoms with E-state index in [4.69, 9.17) is 0 Å². The minimum absolute atomic E-state index is 0.0793. The third kappa shape index (κ3) is 2.40. The largest absolute Gasteiger partial charge is 0.349 e. The van der Waals surface area contributed by atoms with Crippen molar-refractivity contribution in [3.63, 3.8) is 0 Å². The number of carbonyl (C=O) groups is 1. The second kappa shape index (κ2) is 4.64. The molecule has 1 N–H and O–H groups in total. The van der Waals surface area contributed by atoms with Crippen molar-refractivity contribution in [2.75, 3.05) is 0 Å². The molecule has 0 bridgehead atoms. The topological polar surface area (TPSA) is 29.1 Å². The molecule has 0 aromatic heterocycles. The Morgan fingerprint density at radius 3 is 2.69 bits per heavy atom. The van der Waals surface area contributed by atoms with Crippen molar-refractivity contribution < 1.29 is 9.18 Å². The second-order valence-corrected chi connectivity index (χ2v) is 4.41. The van der Waals surface area contributed by atoms with Gasteiger partial charge in [-0.25, -0.2) is 4.39 Å². The van der Waals surface area contributed by atoms with Crippen LogP contribution in [-0.4, -0.2) is 11.9 Å². The second-order valence-electron chi connectivity index (χ2n) is 4.41. The van der Waals surface area contributed by atoms with Crippen molar-refractivity contribution in [1.29, 1.82) is 0 Å². The van der Waals surface area contributed by atoms with Crippen LogP contribution >= 0.6 is 0 Å². The Labute approximate surface area is 94.9 Å². The molecule has 2 nitrogen and oxygen atoms in total. The summed E-state index contributed by atoms with van der Waals surface area (Å²) in [5.74, 6) is -0.376. The van der Waals surface area contributed by atoms with Crippen LogP contribution in [0.1, 0.15) is 41.6 Å². The highest BCUT2D eigenvalue weighted by Crippen LogP contribution is 2.18. The molecule has 1 aliphatic rings. The van der Waals surface area contributed by atoms with E-state index in [1.54, 1.807) is 13.0 Å². The summed E-state index contributed by atoms with van der Waals surface area (Å²) in [6, 6.07) is 4.58. The standard InChI is InChI=1S/C13H16FNO/c1-9-8-10(14)6-7-12(9)13(16)15-11-4-2-3-5-11/h6-8,11H,2-5H2,1H3,(H,15,16). The molecule has 0 atom stereocenters. The van der Waals surface area contributed by atoms with Crippen molar-refractivity contribution in [2.45, 2.75) is 38.6 Å². The van der Waals surface area contributed by atoms with E-state index in [2.05, 4.69) is 5.32 Å². The molecule has 0 saturated heterocycles. The minimum Gasteiger partial charge on any atom is -0.349 e. The fraction of sp³-hybridized carbons (Fsp3) is 0.462. The van der Waals surface area contributed by atoms with Crippen LogP contribution in [-0.2, 0) is 0 Å². The molecule has 1 aromatic rings. The van der Waals surface area contributed by atoms with Crippen LogP contribution in [0.25, 0.3) is 0 Å². The first-order chi connectivity index (χ1) is 7.66. The molecule has 2 rings (SSSR count). The minimum atomic E-state index is -0.296. The summed E-state index contributed by atoms with van der Waals surface area (Å²) in [6.45, 7) is 1.76. The van der Waals surface area contributed by atoms with Crippen molar-refractivity contribution in [2.24, 2.45) is 0 Å². The summed E-state index contributed by atoms with van der Waals surface area (Å²) in [5.41, 5.74) is 1.27. The van der Waals surface area contributed by atoms with Gasteiger partial charge in [0.25, 0.3) is 5.91 Å². The summed E-state index contributed by atoms with van der Waals surface area (Å²) in [6.07, 6.45) is 4.50. The molecule has 0 unspecified atom stereocenters. The van der Waals surface area contributed by atoms with Crippen LogP contribution in [0.4, 0.5) is 4.39 Å². The predicted octanol–water partition coefficient (Wildman–Crippen LogP) is 2.81. The molecule has 0 aliphatic heterocycles. The van der Waals surface area contributed by atoms with Gasteiger partial charge < -0.3 is 5.32 Å². The van der Waals surface area contributed by atoms with Gasteiger partial charge in [0.1, 0.15) is 5.82 Å². The van der Waals surface area contributed by atoms with Gasteiger partial charge in [-0.15, -0.1) is 0 Å². The van der Waals surface area contributed by atoms with E-state index in [-0.39, 0.29) is 11.7 Å². The van der Waals surface area contributed by atoms with Gasteiger partial charge in [0.15, 0.2) is 0 Å². The molecule has 1 saturated carbocycles. The van der Waals surface area contributed by atoms with Crippen LogP contribution in [0.5, 0.6) is 0 Å². The maximum Gasteiger partial charge on any atom is 0.251 e. The Morgan fingerprint density at radius 2 is 2.06 bits per heavy atom. The zero-order chi connectivity index (χ0) is 11.5. The van der Waals surface area contributed by atoms with Gasteiger partial charge >= 0.3 is 0 Å². The Bertz CT molecular complexity index is 397. The number of carbonyl (C=O) groups excluding carboxylic acids is 1. The first kappa shape index (κ1) is 11.1. The lowest BCUT2D eigenvalue weighted by Crippen LogP contribution is -2.33. The quantitative estimate of drug-likeness (QED) is 0.817. The molecular formula is C13H16FNO. The molecular weight excluding hydrogens is 205 g/mol. The summed E-state index contributed by atoms with van der Waals surface area (Å²) in [5, 5.41) is 2.99. The van der Waals surface area contributed by atoms with Crippen molar-refractivity contribution in [3.8, 4) is 0 Å². The van der Waals surface area contributed by atoms with Gasteiger partial charge in [-0.1, -0.05) is 12.8 Å². The van der Waals surface area contributed by atoms with Crippen molar-refractivity contribution in [3.05, 3.63) is 35.1 Å². The first-order valence-corrected chi connectivity index (χ1v) is 5.74. The molecule has 3 heteroatoms. The normalized spacial score (nSPS) is 16.4. The van der Waals surface area contributed by atoms with Gasteiger partial charge in [0, 0.05) is 11.6 Å². The van der Waals surface area contributed by atoms with Crippen LogP contribution in [0.2, 0.25) is 0 Å². The molecule has 0 spiro atoms. The fourth-order valence-corrected chi connectivity index (χ4v) is 2.22. The zero-order valence-electron chi connectivity index (χ0n) is 9.42. The number of hydrogen-bond donors (Lipinski definition) is 1. The first-order valence-electron chi connectivity index (χ1n) is 5.74. The average molecular weight is 221 g/mol. The number of benzene rings is 1. The Kier molecular flexibility index (Phi) is 3.22. The summed E-state index contributed by atoms with van der Waals surface area (Å²) in [4.78, 5) is 11.9. The summed E-state index contributed by atoms with van der Waals surface area (Å²) in [7, 11) is 0. The molecule has 0 heterocycles. The van der Waals surface area contributed by atoms with E-state index in [1.807, 2.05) is 0 Å². The Balaban J connectivity index is 2.08. The van der Waals surface area contributed by atoms with Gasteiger partial charge in [-0.05, 0) is 43.5 Å². The smallest absolute Gasteiger partial charge is 0.251 e. The Hall–Kier alpha value is -1.38. The van der Waals surface area contributed by atoms with Crippen LogP contribution in [0, 0.1) is 12.7 Å². The van der Waals surface area contributed by atoms with E-state index in [0.29, 0.717) is 17.2 Å². The zero-order valence-corrected chi connectivity index (χ0v) is 9.42. The summed E-state index contributed by atoms with van der Waals surface area (Å²) >= 11 is 0. The number of nitrogens with one attached hydrogen (secondary N) is 1. The molecule has 0 radical (unpaired) electrons. The van der Waals surface area contributed by atoms with Crippen LogP contribution in [0.15, 0.2) is 18.2 Å². The molecule has 1 aromatic carbocycles. The number of hydrogen-bond acceptors (Lipinski definition) is 1. The number of aryl methyl sites for hydroxylation is 1. The fourth-order valence-electron chi connectivity index (χ4n) is 2.22. The maximum absolute atomic E-state index is 12.9. The van der Waals surface area contributed by atoms with E-state index >= 15 is 0 Å². The summed E-state index contributed by atoms with van der Waals surface area (Å²) < 4.78 is 12.9.